The first kappa shape index (κ1) is 26.6. The summed E-state index contributed by atoms with van der Waals surface area (Å²) < 4.78 is 0. The molecule has 0 amide bonds. The summed E-state index contributed by atoms with van der Waals surface area (Å²) in [6, 6.07) is 6.76. The van der Waals surface area contributed by atoms with Crippen LogP contribution in [0.25, 0.3) is 0 Å². The van der Waals surface area contributed by atoms with Crippen molar-refractivity contribution in [3.05, 3.63) is 29.8 Å². The minimum Gasteiger partial charge on any atom is -0.480 e. The topological polar surface area (TPSA) is 69.8 Å². The van der Waals surface area contributed by atoms with Gasteiger partial charge in [-0.1, -0.05) is 12.1 Å². The lowest BCUT2D eigenvalue weighted by atomic mass is 10.1. The van der Waals surface area contributed by atoms with Crippen molar-refractivity contribution in [3.8, 4) is 0 Å². The number of carboxylic acid groups (broad SMARTS) is 1. The van der Waals surface area contributed by atoms with Crippen LogP contribution in [0.4, 0.5) is 5.69 Å². The van der Waals surface area contributed by atoms with Gasteiger partial charge in [-0.3, -0.25) is 4.79 Å². The van der Waals surface area contributed by atoms with E-state index in [4.69, 9.17) is 57.2 Å². The molecule has 3 N–H and O–H groups in total. The maximum Gasteiger partial charge on any atom is 0.320 e. The first-order valence-electron chi connectivity index (χ1n) is 8.64. The molecule has 27 heavy (non-hydrogen) atoms. The number of anilines is 1. The van der Waals surface area contributed by atoms with E-state index in [1.807, 2.05) is 31.3 Å². The SMILES string of the molecule is CN(CCCl)CCCl.N[C@@H](Cc1ccc(N(CCCl)CCCl)cc1)C(=O)O. The van der Waals surface area contributed by atoms with E-state index in [0.29, 0.717) is 29.9 Å². The minimum absolute atomic E-state index is 0.320. The lowest BCUT2D eigenvalue weighted by Gasteiger charge is -2.23. The molecule has 0 aliphatic rings. The van der Waals surface area contributed by atoms with E-state index in [0.717, 1.165) is 37.4 Å². The van der Waals surface area contributed by atoms with Crippen LogP contribution in [0.1, 0.15) is 5.56 Å². The number of hydrogen-bond donors (Lipinski definition) is 2. The van der Waals surface area contributed by atoms with Crippen LogP contribution in [-0.2, 0) is 11.2 Å². The fraction of sp³-hybridized carbons (Fsp3) is 0.611. The summed E-state index contributed by atoms with van der Waals surface area (Å²) in [4.78, 5) is 14.9. The highest BCUT2D eigenvalue weighted by molar-refractivity contribution is 6.19. The number of nitrogens with two attached hydrogens (primary N) is 1. The standard InChI is InChI=1S/C13H18Cl2N2O2.C5H11Cl2N/c14-5-7-17(8-6-15)11-3-1-10(2-4-11)9-12(16)13(18)19;1-8(4-2-6)5-3-7/h1-4,12H,5-9,16H2,(H,18,19);2-5H2,1H3/t12-;/m0./s1. The average molecular weight is 461 g/mol. The monoisotopic (exact) mass is 459 g/mol. The normalized spacial score (nSPS) is 11.7. The Morgan fingerprint density at radius 3 is 1.78 bits per heavy atom. The van der Waals surface area contributed by atoms with E-state index in [1.165, 1.54) is 0 Å². The summed E-state index contributed by atoms with van der Waals surface area (Å²) in [6.07, 6.45) is 0.320. The molecule has 1 atom stereocenters. The number of carboxylic acids is 1. The van der Waals surface area contributed by atoms with Crippen molar-refractivity contribution in [1.82, 2.24) is 4.90 Å². The molecule has 0 heterocycles. The van der Waals surface area contributed by atoms with Gasteiger partial charge in [0.15, 0.2) is 0 Å². The number of benzene rings is 1. The van der Waals surface area contributed by atoms with E-state index in [2.05, 4.69) is 9.80 Å². The van der Waals surface area contributed by atoms with Gasteiger partial charge in [-0.25, -0.2) is 0 Å². The maximum absolute atomic E-state index is 10.7. The molecule has 9 heteroatoms. The molecular weight excluding hydrogens is 432 g/mol. The molecule has 0 radical (unpaired) electrons. The molecule has 0 unspecified atom stereocenters. The van der Waals surface area contributed by atoms with Crippen LogP contribution >= 0.6 is 46.4 Å². The fourth-order valence-corrected chi connectivity index (χ4v) is 3.14. The predicted molar refractivity (Wildman–Crippen MR) is 118 cm³/mol. The second-order valence-electron chi connectivity index (χ2n) is 5.86. The highest BCUT2D eigenvalue weighted by Gasteiger charge is 2.12. The van der Waals surface area contributed by atoms with Crippen molar-refractivity contribution in [1.29, 1.82) is 0 Å². The number of rotatable bonds is 12. The Morgan fingerprint density at radius 1 is 0.963 bits per heavy atom. The van der Waals surface area contributed by atoms with Gasteiger partial charge in [-0.2, -0.15) is 0 Å². The number of carbonyl (C=O) groups is 1. The molecule has 0 fully saturated rings. The molecule has 1 aromatic rings. The summed E-state index contributed by atoms with van der Waals surface area (Å²) in [6.45, 7) is 3.30. The molecule has 0 aromatic heterocycles. The quantitative estimate of drug-likeness (QED) is 0.468. The zero-order chi connectivity index (χ0) is 20.7. The van der Waals surface area contributed by atoms with Gasteiger partial charge in [0.25, 0.3) is 0 Å². The van der Waals surface area contributed by atoms with Crippen LogP contribution < -0.4 is 10.6 Å². The average Bonchev–Trinajstić information content (AvgIpc) is 2.63. The minimum atomic E-state index is -0.991. The summed E-state index contributed by atoms with van der Waals surface area (Å²) in [5.41, 5.74) is 7.42. The van der Waals surface area contributed by atoms with Crippen LogP contribution in [0.3, 0.4) is 0 Å². The summed E-state index contributed by atoms with van der Waals surface area (Å²) in [7, 11) is 2.00. The third kappa shape index (κ3) is 12.6. The highest BCUT2D eigenvalue weighted by Crippen LogP contribution is 2.16. The van der Waals surface area contributed by atoms with Gasteiger partial charge in [0, 0.05) is 55.4 Å². The first-order chi connectivity index (χ1) is 12.9. The molecule has 0 saturated carbocycles. The van der Waals surface area contributed by atoms with Gasteiger partial charge in [-0.05, 0) is 31.2 Å². The Kier molecular flexibility index (Phi) is 16.3. The van der Waals surface area contributed by atoms with Crippen LogP contribution in [0.2, 0.25) is 0 Å². The van der Waals surface area contributed by atoms with Crippen LogP contribution in [0.15, 0.2) is 24.3 Å². The Morgan fingerprint density at radius 2 is 1.41 bits per heavy atom. The Bertz CT molecular complexity index is 494. The zero-order valence-corrected chi connectivity index (χ0v) is 18.6. The number of nitrogens with zero attached hydrogens (tertiary/aromatic N) is 2. The molecule has 1 rings (SSSR count). The van der Waals surface area contributed by atoms with Crippen LogP contribution in [0.5, 0.6) is 0 Å². The van der Waals surface area contributed by atoms with E-state index >= 15 is 0 Å². The first-order valence-corrected chi connectivity index (χ1v) is 10.8. The van der Waals surface area contributed by atoms with Crippen molar-refractivity contribution < 1.29 is 9.90 Å². The molecule has 0 bridgehead atoms. The molecule has 0 saturated heterocycles. The molecule has 0 spiro atoms. The third-order valence-corrected chi connectivity index (χ3v) is 4.39. The number of aliphatic carboxylic acids is 1. The Hall–Kier alpha value is -0.430. The predicted octanol–water partition coefficient (Wildman–Crippen LogP) is 3.32. The number of halogens is 4. The van der Waals surface area contributed by atoms with Gasteiger partial charge in [0.05, 0.1) is 0 Å². The van der Waals surface area contributed by atoms with Crippen molar-refractivity contribution in [3.63, 3.8) is 0 Å². The van der Waals surface area contributed by atoms with Gasteiger partial charge < -0.3 is 20.6 Å². The van der Waals surface area contributed by atoms with Crippen LogP contribution in [0, 0.1) is 0 Å². The van der Waals surface area contributed by atoms with E-state index < -0.39 is 12.0 Å². The molecule has 156 valence electrons. The lowest BCUT2D eigenvalue weighted by molar-refractivity contribution is -0.138. The van der Waals surface area contributed by atoms with Crippen molar-refractivity contribution >= 4 is 58.1 Å². The lowest BCUT2D eigenvalue weighted by Crippen LogP contribution is -2.32. The van der Waals surface area contributed by atoms with Crippen molar-refractivity contribution in [2.24, 2.45) is 5.73 Å². The summed E-state index contributed by atoms with van der Waals surface area (Å²) in [5, 5.41) is 8.76. The zero-order valence-electron chi connectivity index (χ0n) is 15.6. The molecule has 0 aliphatic carbocycles. The van der Waals surface area contributed by atoms with Gasteiger partial charge >= 0.3 is 5.97 Å². The number of alkyl halides is 4. The van der Waals surface area contributed by atoms with Gasteiger partial charge in [-0.15, -0.1) is 46.4 Å². The third-order valence-electron chi connectivity index (χ3n) is 3.72. The maximum atomic E-state index is 10.7. The Balaban J connectivity index is 0.000000713. The molecule has 0 aliphatic heterocycles. The highest BCUT2D eigenvalue weighted by atomic mass is 35.5. The Labute approximate surface area is 182 Å². The van der Waals surface area contributed by atoms with Crippen LogP contribution in [-0.4, -0.2) is 78.8 Å². The molecule has 5 nitrogen and oxygen atoms in total. The summed E-state index contributed by atoms with van der Waals surface area (Å²) in [5.74, 6) is 1.45. The van der Waals surface area contributed by atoms with Gasteiger partial charge in [0.2, 0.25) is 0 Å². The second kappa shape index (κ2) is 16.5. The van der Waals surface area contributed by atoms with Gasteiger partial charge in [0.1, 0.15) is 6.04 Å². The second-order valence-corrected chi connectivity index (χ2v) is 7.37. The van der Waals surface area contributed by atoms with E-state index in [1.54, 1.807) is 0 Å². The van der Waals surface area contributed by atoms with E-state index in [9.17, 15) is 4.79 Å². The number of hydrogen-bond acceptors (Lipinski definition) is 4. The van der Waals surface area contributed by atoms with Crippen molar-refractivity contribution in [2.75, 3.05) is 61.6 Å². The van der Waals surface area contributed by atoms with Crippen molar-refractivity contribution in [2.45, 2.75) is 12.5 Å². The smallest absolute Gasteiger partial charge is 0.320 e. The van der Waals surface area contributed by atoms with E-state index in [-0.39, 0.29) is 0 Å². The fourth-order valence-electron chi connectivity index (χ4n) is 2.16. The molecule has 1 aromatic carbocycles. The summed E-state index contributed by atoms with van der Waals surface area (Å²) >= 11 is 22.4. The largest absolute Gasteiger partial charge is 0.480 e. The molecular formula is C18H29Cl4N3O2.